The highest BCUT2D eigenvalue weighted by Crippen LogP contribution is 2.34. The molecule has 4 nitrogen and oxygen atoms in total. The van der Waals surface area contributed by atoms with Crippen LogP contribution in [0.2, 0.25) is 0 Å². The zero-order valence-electron chi connectivity index (χ0n) is 12.2. The van der Waals surface area contributed by atoms with Gasteiger partial charge in [0.1, 0.15) is 12.3 Å². The quantitative estimate of drug-likeness (QED) is 0.841. The van der Waals surface area contributed by atoms with E-state index in [1.165, 1.54) is 19.4 Å². The minimum absolute atomic E-state index is 0.0403. The number of oxazole rings is 1. The fraction of sp³-hybridized carbons (Fsp3) is 0.800. The molecule has 0 N–H and O–H groups in total. The second kappa shape index (κ2) is 4.91. The van der Waals surface area contributed by atoms with Gasteiger partial charge in [0, 0.05) is 18.5 Å². The molecule has 1 saturated heterocycles. The van der Waals surface area contributed by atoms with E-state index in [2.05, 4.69) is 25.7 Å². The second-order valence-corrected chi connectivity index (χ2v) is 6.85. The lowest BCUT2D eigenvalue weighted by atomic mass is 9.93. The molecule has 2 aliphatic rings. The zero-order valence-corrected chi connectivity index (χ0v) is 12.2. The molecule has 0 spiro atoms. The van der Waals surface area contributed by atoms with Gasteiger partial charge in [-0.05, 0) is 18.8 Å². The molecule has 0 unspecified atom stereocenters. The molecule has 106 valence electrons. The molecule has 1 atom stereocenters. The summed E-state index contributed by atoms with van der Waals surface area (Å²) in [5, 5.41) is 0. The van der Waals surface area contributed by atoms with Crippen LogP contribution in [-0.2, 0) is 10.2 Å². The summed E-state index contributed by atoms with van der Waals surface area (Å²) < 4.78 is 11.4. The second-order valence-electron chi connectivity index (χ2n) is 6.85. The maximum Gasteiger partial charge on any atom is 0.213 e. The van der Waals surface area contributed by atoms with E-state index in [1.54, 1.807) is 6.26 Å². The molecule has 0 bridgehead atoms. The minimum atomic E-state index is 0.0403. The first kappa shape index (κ1) is 13.1. The van der Waals surface area contributed by atoms with Crippen LogP contribution in [0, 0.1) is 5.92 Å². The smallest absolute Gasteiger partial charge is 0.213 e. The van der Waals surface area contributed by atoms with Gasteiger partial charge in [-0.25, -0.2) is 4.98 Å². The first-order chi connectivity index (χ1) is 9.04. The number of hydrogen-bond acceptors (Lipinski definition) is 4. The standard InChI is InChI=1S/C15H24N2O2/c1-15(2,3)13-10-19-14(16-13)12-9-18-7-6-17(12)8-11-4-5-11/h10-12H,4-9H2,1-3H3/t12-/m0/s1. The monoisotopic (exact) mass is 264 g/mol. The molecular weight excluding hydrogens is 240 g/mol. The number of rotatable bonds is 3. The van der Waals surface area contributed by atoms with Gasteiger partial charge in [0.05, 0.1) is 18.9 Å². The van der Waals surface area contributed by atoms with Gasteiger partial charge in [0.2, 0.25) is 5.89 Å². The van der Waals surface area contributed by atoms with Gasteiger partial charge in [0.25, 0.3) is 0 Å². The van der Waals surface area contributed by atoms with Gasteiger partial charge in [-0.3, -0.25) is 4.90 Å². The molecule has 0 aromatic carbocycles. The average Bonchev–Trinajstić information content (AvgIpc) is 3.02. The topological polar surface area (TPSA) is 38.5 Å². The summed E-state index contributed by atoms with van der Waals surface area (Å²) >= 11 is 0. The van der Waals surface area contributed by atoms with Crippen LogP contribution in [0.5, 0.6) is 0 Å². The van der Waals surface area contributed by atoms with E-state index in [-0.39, 0.29) is 11.5 Å². The van der Waals surface area contributed by atoms with Crippen molar-refractivity contribution in [1.82, 2.24) is 9.88 Å². The molecule has 2 fully saturated rings. The predicted octanol–water partition coefficient (Wildman–Crippen LogP) is 2.76. The van der Waals surface area contributed by atoms with Crippen molar-refractivity contribution in [3.8, 4) is 0 Å². The average molecular weight is 264 g/mol. The fourth-order valence-electron chi connectivity index (χ4n) is 2.50. The molecule has 19 heavy (non-hydrogen) atoms. The Balaban J connectivity index is 1.75. The van der Waals surface area contributed by atoms with Crippen molar-refractivity contribution in [2.24, 2.45) is 5.92 Å². The van der Waals surface area contributed by atoms with E-state index in [0.29, 0.717) is 6.61 Å². The molecule has 1 aliphatic heterocycles. The van der Waals surface area contributed by atoms with Crippen LogP contribution in [0.3, 0.4) is 0 Å². The summed E-state index contributed by atoms with van der Waals surface area (Å²) in [6.07, 6.45) is 4.56. The largest absolute Gasteiger partial charge is 0.447 e. The first-order valence-corrected chi connectivity index (χ1v) is 7.32. The number of hydrogen-bond donors (Lipinski definition) is 0. The molecule has 0 radical (unpaired) electrons. The minimum Gasteiger partial charge on any atom is -0.447 e. The number of ether oxygens (including phenoxy) is 1. The fourth-order valence-corrected chi connectivity index (χ4v) is 2.50. The molecule has 1 saturated carbocycles. The summed E-state index contributed by atoms with van der Waals surface area (Å²) in [6.45, 7) is 10.2. The third kappa shape index (κ3) is 3.00. The van der Waals surface area contributed by atoms with Crippen LogP contribution in [0.4, 0.5) is 0 Å². The lowest BCUT2D eigenvalue weighted by molar-refractivity contribution is -0.0201. The molecule has 1 aliphatic carbocycles. The number of aromatic nitrogens is 1. The Morgan fingerprint density at radius 1 is 1.37 bits per heavy atom. The molecule has 0 amide bonds. The Kier molecular flexibility index (Phi) is 3.39. The van der Waals surface area contributed by atoms with Crippen LogP contribution >= 0.6 is 0 Å². The zero-order chi connectivity index (χ0) is 13.5. The SMILES string of the molecule is CC(C)(C)c1coc([C@@H]2COCCN2CC2CC2)n1. The van der Waals surface area contributed by atoms with Gasteiger partial charge < -0.3 is 9.15 Å². The Hall–Kier alpha value is -0.870. The van der Waals surface area contributed by atoms with Crippen molar-refractivity contribution >= 4 is 0 Å². The van der Waals surface area contributed by atoms with Gasteiger partial charge in [-0.2, -0.15) is 0 Å². The van der Waals surface area contributed by atoms with E-state index in [0.717, 1.165) is 30.7 Å². The van der Waals surface area contributed by atoms with Gasteiger partial charge in [-0.1, -0.05) is 20.8 Å². The highest BCUT2D eigenvalue weighted by Gasteiger charge is 2.34. The summed E-state index contributed by atoms with van der Waals surface area (Å²) in [6, 6.07) is 0.199. The van der Waals surface area contributed by atoms with Crippen LogP contribution in [0.15, 0.2) is 10.7 Å². The van der Waals surface area contributed by atoms with Crippen LogP contribution in [0.25, 0.3) is 0 Å². The summed E-state index contributed by atoms with van der Waals surface area (Å²) in [4.78, 5) is 7.18. The maximum absolute atomic E-state index is 5.73. The van der Waals surface area contributed by atoms with E-state index in [9.17, 15) is 0 Å². The van der Waals surface area contributed by atoms with E-state index >= 15 is 0 Å². The Labute approximate surface area is 115 Å². The van der Waals surface area contributed by atoms with Crippen molar-refractivity contribution in [1.29, 1.82) is 0 Å². The van der Waals surface area contributed by atoms with Crippen molar-refractivity contribution in [2.45, 2.75) is 45.1 Å². The van der Waals surface area contributed by atoms with Gasteiger partial charge in [-0.15, -0.1) is 0 Å². The number of nitrogens with zero attached hydrogens (tertiary/aromatic N) is 2. The summed E-state index contributed by atoms with van der Waals surface area (Å²) in [5.41, 5.74) is 1.07. The lowest BCUT2D eigenvalue weighted by Gasteiger charge is -2.33. The van der Waals surface area contributed by atoms with E-state index in [1.807, 2.05) is 0 Å². The Bertz CT molecular complexity index is 432. The predicted molar refractivity (Wildman–Crippen MR) is 73.1 cm³/mol. The highest BCUT2D eigenvalue weighted by molar-refractivity contribution is 5.10. The van der Waals surface area contributed by atoms with Crippen molar-refractivity contribution < 1.29 is 9.15 Å². The lowest BCUT2D eigenvalue weighted by Crippen LogP contribution is -2.40. The first-order valence-electron chi connectivity index (χ1n) is 7.32. The third-order valence-electron chi connectivity index (χ3n) is 4.00. The van der Waals surface area contributed by atoms with E-state index < -0.39 is 0 Å². The van der Waals surface area contributed by atoms with E-state index in [4.69, 9.17) is 14.1 Å². The number of morpholine rings is 1. The van der Waals surface area contributed by atoms with Crippen LogP contribution in [-0.4, -0.2) is 36.2 Å². The maximum atomic E-state index is 5.73. The Morgan fingerprint density at radius 2 is 2.16 bits per heavy atom. The summed E-state index contributed by atoms with van der Waals surface area (Å²) in [7, 11) is 0. The molecule has 3 rings (SSSR count). The summed E-state index contributed by atoms with van der Waals surface area (Å²) in [5.74, 6) is 1.71. The van der Waals surface area contributed by atoms with Crippen molar-refractivity contribution in [3.05, 3.63) is 17.8 Å². The molecule has 1 aromatic rings. The third-order valence-corrected chi connectivity index (χ3v) is 4.00. The Morgan fingerprint density at radius 3 is 2.79 bits per heavy atom. The van der Waals surface area contributed by atoms with Crippen LogP contribution < -0.4 is 0 Å². The van der Waals surface area contributed by atoms with Crippen molar-refractivity contribution in [3.63, 3.8) is 0 Å². The highest BCUT2D eigenvalue weighted by atomic mass is 16.5. The van der Waals surface area contributed by atoms with Crippen LogP contribution in [0.1, 0.15) is 51.2 Å². The van der Waals surface area contributed by atoms with Gasteiger partial charge in [0.15, 0.2) is 0 Å². The normalized spacial score (nSPS) is 25.7. The molecule has 2 heterocycles. The molecule has 4 heteroatoms. The van der Waals surface area contributed by atoms with Crippen molar-refractivity contribution in [2.75, 3.05) is 26.3 Å². The van der Waals surface area contributed by atoms with Gasteiger partial charge >= 0.3 is 0 Å². The molecular formula is C15H24N2O2. The molecule has 1 aromatic heterocycles.